The summed E-state index contributed by atoms with van der Waals surface area (Å²) in [5, 5.41) is 2.07. The van der Waals surface area contributed by atoms with Crippen molar-refractivity contribution in [1.29, 1.82) is 0 Å². The second-order valence-electron chi connectivity index (χ2n) is 4.47. The Balaban J connectivity index is 2.35. The van der Waals surface area contributed by atoms with Gasteiger partial charge in [-0.3, -0.25) is 4.79 Å². The number of hydrogen-bond donors (Lipinski definition) is 0. The third-order valence-electron chi connectivity index (χ3n) is 2.82. The Morgan fingerprint density at radius 1 is 1.17 bits per heavy atom. The van der Waals surface area contributed by atoms with Crippen molar-refractivity contribution in [2.75, 3.05) is 27.2 Å². The van der Waals surface area contributed by atoms with E-state index in [0.717, 1.165) is 23.6 Å². The molecule has 3 nitrogen and oxygen atoms in total. The zero-order chi connectivity index (χ0) is 13.0. The number of hydrogen-bond acceptors (Lipinski definition) is 3. The van der Waals surface area contributed by atoms with Crippen LogP contribution in [0.2, 0.25) is 0 Å². The number of carbonyl (C=O) groups excluding carboxylic acids is 1. The van der Waals surface area contributed by atoms with Crippen LogP contribution in [0.5, 0.6) is 5.75 Å². The summed E-state index contributed by atoms with van der Waals surface area (Å²) in [7, 11) is 3.99. The van der Waals surface area contributed by atoms with E-state index in [1.54, 1.807) is 6.07 Å². The van der Waals surface area contributed by atoms with Crippen molar-refractivity contribution in [3.63, 3.8) is 0 Å². The number of likely N-dealkylation sites (N-methyl/N-ethyl adjacent to an activating group) is 1. The van der Waals surface area contributed by atoms with Crippen LogP contribution >= 0.6 is 0 Å². The Bertz CT molecular complexity index is 549. The first-order valence-electron chi connectivity index (χ1n) is 5.97. The van der Waals surface area contributed by atoms with Crippen molar-refractivity contribution < 1.29 is 9.53 Å². The Labute approximate surface area is 107 Å². The molecule has 0 saturated heterocycles. The molecule has 94 valence electrons. The molecule has 0 radical (unpaired) electrons. The summed E-state index contributed by atoms with van der Waals surface area (Å²) < 4.78 is 5.78. The second kappa shape index (κ2) is 5.65. The van der Waals surface area contributed by atoms with Gasteiger partial charge in [-0.05, 0) is 25.5 Å². The molecule has 0 N–H and O–H groups in total. The maximum absolute atomic E-state index is 11.1. The third kappa shape index (κ3) is 2.68. The van der Waals surface area contributed by atoms with Crippen LogP contribution in [0.3, 0.4) is 0 Å². The van der Waals surface area contributed by atoms with E-state index in [0.29, 0.717) is 17.9 Å². The molecular formula is C15H17NO2. The molecule has 0 aliphatic carbocycles. The Hall–Kier alpha value is -1.87. The molecule has 2 rings (SSSR count). The van der Waals surface area contributed by atoms with Gasteiger partial charge < -0.3 is 9.64 Å². The van der Waals surface area contributed by atoms with E-state index < -0.39 is 0 Å². The van der Waals surface area contributed by atoms with Crippen molar-refractivity contribution >= 4 is 17.1 Å². The minimum absolute atomic E-state index is 0.571. The summed E-state index contributed by atoms with van der Waals surface area (Å²) in [5.41, 5.74) is 0.604. The fraction of sp³-hybridized carbons (Fsp3) is 0.267. The largest absolute Gasteiger partial charge is 0.491 e. The first-order chi connectivity index (χ1) is 8.72. The van der Waals surface area contributed by atoms with Crippen LogP contribution in [-0.4, -0.2) is 38.4 Å². The standard InChI is InChI=1S/C15H17NO2/c1-16(2)9-10-18-15-13(11-17)8-7-12-5-3-4-6-14(12)15/h3-8,11H,9-10H2,1-2H3. The molecule has 0 fully saturated rings. The molecule has 2 aromatic rings. The lowest BCUT2D eigenvalue weighted by Gasteiger charge is -2.14. The molecule has 0 aliphatic heterocycles. The highest BCUT2D eigenvalue weighted by Crippen LogP contribution is 2.28. The number of carbonyl (C=O) groups is 1. The highest BCUT2D eigenvalue weighted by Gasteiger charge is 2.08. The quantitative estimate of drug-likeness (QED) is 0.756. The lowest BCUT2D eigenvalue weighted by Crippen LogP contribution is -2.19. The molecule has 0 bridgehead atoms. The first-order valence-corrected chi connectivity index (χ1v) is 5.97. The number of aldehydes is 1. The molecule has 0 saturated carbocycles. The van der Waals surface area contributed by atoms with Gasteiger partial charge in [-0.2, -0.15) is 0 Å². The summed E-state index contributed by atoms with van der Waals surface area (Å²) in [5.74, 6) is 0.685. The highest BCUT2D eigenvalue weighted by molar-refractivity contribution is 5.96. The number of benzene rings is 2. The van der Waals surface area contributed by atoms with Gasteiger partial charge in [-0.25, -0.2) is 0 Å². The van der Waals surface area contributed by atoms with Crippen molar-refractivity contribution in [2.45, 2.75) is 0 Å². The summed E-state index contributed by atoms with van der Waals surface area (Å²) >= 11 is 0. The van der Waals surface area contributed by atoms with E-state index >= 15 is 0 Å². The van der Waals surface area contributed by atoms with Gasteiger partial charge >= 0.3 is 0 Å². The second-order valence-corrected chi connectivity index (χ2v) is 4.47. The fourth-order valence-corrected chi connectivity index (χ4v) is 1.84. The molecule has 2 aromatic carbocycles. The average Bonchev–Trinajstić information content (AvgIpc) is 2.38. The Kier molecular flexibility index (Phi) is 3.95. The molecule has 0 unspecified atom stereocenters. The smallest absolute Gasteiger partial charge is 0.153 e. The van der Waals surface area contributed by atoms with Crippen LogP contribution in [0, 0.1) is 0 Å². The monoisotopic (exact) mass is 243 g/mol. The predicted molar refractivity (Wildman–Crippen MR) is 73.4 cm³/mol. The maximum atomic E-state index is 11.1. The topological polar surface area (TPSA) is 29.5 Å². The van der Waals surface area contributed by atoms with E-state index in [1.165, 1.54) is 0 Å². The molecule has 3 heteroatoms. The van der Waals surface area contributed by atoms with Crippen molar-refractivity contribution in [3.8, 4) is 5.75 Å². The Morgan fingerprint density at radius 3 is 2.67 bits per heavy atom. The number of nitrogens with zero attached hydrogens (tertiary/aromatic N) is 1. The van der Waals surface area contributed by atoms with Crippen molar-refractivity contribution in [1.82, 2.24) is 4.90 Å². The van der Waals surface area contributed by atoms with Crippen LogP contribution in [-0.2, 0) is 0 Å². The normalized spacial score (nSPS) is 10.8. The molecule has 18 heavy (non-hydrogen) atoms. The fourth-order valence-electron chi connectivity index (χ4n) is 1.84. The minimum atomic E-state index is 0.571. The molecule has 0 heterocycles. The van der Waals surface area contributed by atoms with Gasteiger partial charge in [-0.1, -0.05) is 30.3 Å². The van der Waals surface area contributed by atoms with Gasteiger partial charge in [0, 0.05) is 11.9 Å². The van der Waals surface area contributed by atoms with Crippen LogP contribution in [0.1, 0.15) is 10.4 Å². The highest BCUT2D eigenvalue weighted by atomic mass is 16.5. The molecule has 0 amide bonds. The SMILES string of the molecule is CN(C)CCOc1c(C=O)ccc2ccccc12. The molecule has 0 aromatic heterocycles. The van der Waals surface area contributed by atoms with E-state index in [4.69, 9.17) is 4.74 Å². The van der Waals surface area contributed by atoms with Crippen LogP contribution < -0.4 is 4.74 Å². The summed E-state index contributed by atoms with van der Waals surface area (Å²) in [6, 6.07) is 11.7. The Morgan fingerprint density at radius 2 is 1.94 bits per heavy atom. The van der Waals surface area contributed by atoms with E-state index in [9.17, 15) is 4.79 Å². The average molecular weight is 243 g/mol. The zero-order valence-corrected chi connectivity index (χ0v) is 10.7. The van der Waals surface area contributed by atoms with Crippen LogP contribution in [0.25, 0.3) is 10.8 Å². The van der Waals surface area contributed by atoms with Gasteiger partial charge in [0.2, 0.25) is 0 Å². The predicted octanol–water partition coefficient (Wildman–Crippen LogP) is 2.59. The van der Waals surface area contributed by atoms with Gasteiger partial charge in [0.15, 0.2) is 6.29 Å². The van der Waals surface area contributed by atoms with Crippen molar-refractivity contribution in [2.24, 2.45) is 0 Å². The van der Waals surface area contributed by atoms with Crippen LogP contribution in [0.15, 0.2) is 36.4 Å². The van der Waals surface area contributed by atoms with Crippen LogP contribution in [0.4, 0.5) is 0 Å². The van der Waals surface area contributed by atoms with E-state index in [2.05, 4.69) is 0 Å². The third-order valence-corrected chi connectivity index (χ3v) is 2.82. The minimum Gasteiger partial charge on any atom is -0.491 e. The van der Waals surface area contributed by atoms with E-state index in [-0.39, 0.29) is 0 Å². The van der Waals surface area contributed by atoms with Gasteiger partial charge in [-0.15, -0.1) is 0 Å². The zero-order valence-electron chi connectivity index (χ0n) is 10.7. The maximum Gasteiger partial charge on any atom is 0.153 e. The van der Waals surface area contributed by atoms with Gasteiger partial charge in [0.25, 0.3) is 0 Å². The number of rotatable bonds is 5. The van der Waals surface area contributed by atoms with Crippen molar-refractivity contribution in [3.05, 3.63) is 42.0 Å². The molecular weight excluding hydrogens is 226 g/mol. The summed E-state index contributed by atoms with van der Waals surface area (Å²) in [4.78, 5) is 13.1. The molecule has 0 atom stereocenters. The molecule has 0 aliphatic rings. The summed E-state index contributed by atoms with van der Waals surface area (Å²) in [6.45, 7) is 1.39. The van der Waals surface area contributed by atoms with E-state index in [1.807, 2.05) is 49.3 Å². The number of ether oxygens (including phenoxy) is 1. The lowest BCUT2D eigenvalue weighted by atomic mass is 10.1. The molecule has 0 spiro atoms. The van der Waals surface area contributed by atoms with Gasteiger partial charge in [0.05, 0.1) is 5.56 Å². The summed E-state index contributed by atoms with van der Waals surface area (Å²) in [6.07, 6.45) is 0.845. The van der Waals surface area contributed by atoms with Gasteiger partial charge in [0.1, 0.15) is 12.4 Å². The first kappa shape index (κ1) is 12.6. The number of fused-ring (bicyclic) bond motifs is 1. The lowest BCUT2D eigenvalue weighted by molar-refractivity contribution is 0.111.